The molecule has 0 spiro atoms. The summed E-state index contributed by atoms with van der Waals surface area (Å²) in [5.41, 5.74) is 0.844. The number of hydrogen-bond donors (Lipinski definition) is 0. The second-order valence-electron chi connectivity index (χ2n) is 6.38. The van der Waals surface area contributed by atoms with Gasteiger partial charge in [0, 0.05) is 43.6 Å². The number of piperazine rings is 1. The molecule has 0 bridgehead atoms. The summed E-state index contributed by atoms with van der Waals surface area (Å²) in [6.45, 7) is 1.24. The van der Waals surface area contributed by atoms with Crippen molar-refractivity contribution in [3.05, 3.63) is 70.1 Å². The van der Waals surface area contributed by atoms with Crippen molar-refractivity contribution < 1.29 is 13.2 Å². The van der Waals surface area contributed by atoms with Gasteiger partial charge in [-0.05, 0) is 47.8 Å². The zero-order valence-corrected chi connectivity index (χ0v) is 17.3. The molecule has 3 heterocycles. The Morgan fingerprint density at radius 3 is 2.25 bits per heavy atom. The second kappa shape index (κ2) is 7.71. The first-order valence-corrected chi connectivity index (χ1v) is 11.4. The van der Waals surface area contributed by atoms with Crippen molar-refractivity contribution >= 4 is 38.9 Å². The molecule has 1 fully saturated rings. The number of nitrogens with zero attached hydrogens (tertiary/aromatic N) is 3. The van der Waals surface area contributed by atoms with E-state index in [9.17, 15) is 13.2 Å². The van der Waals surface area contributed by atoms with Gasteiger partial charge in [0.25, 0.3) is 5.91 Å². The zero-order valence-electron chi connectivity index (χ0n) is 14.9. The van der Waals surface area contributed by atoms with Gasteiger partial charge in [0.2, 0.25) is 10.0 Å². The minimum Gasteiger partial charge on any atom is -0.335 e. The third-order valence-electron chi connectivity index (χ3n) is 4.70. The fourth-order valence-electron chi connectivity index (χ4n) is 3.19. The number of benzene rings is 1. The lowest BCUT2D eigenvalue weighted by Gasteiger charge is -2.34. The third-order valence-corrected chi connectivity index (χ3v) is 7.76. The molecule has 6 nitrogen and oxygen atoms in total. The highest BCUT2D eigenvalue weighted by molar-refractivity contribution is 7.89. The molecule has 1 aliphatic rings. The molecule has 146 valence electrons. The molecular weight excluding hydrogens is 418 g/mol. The van der Waals surface area contributed by atoms with Crippen molar-refractivity contribution in [3.63, 3.8) is 0 Å². The Kier molecular flexibility index (Phi) is 5.29. The molecule has 1 saturated heterocycles. The van der Waals surface area contributed by atoms with E-state index in [1.54, 1.807) is 17.0 Å². The predicted molar refractivity (Wildman–Crippen MR) is 110 cm³/mol. The Bertz CT molecular complexity index is 1070. The molecule has 0 aliphatic carbocycles. The Morgan fingerprint density at radius 2 is 1.61 bits per heavy atom. The van der Waals surface area contributed by atoms with E-state index in [1.165, 1.54) is 27.8 Å². The molecule has 0 N–H and O–H groups in total. The average molecular weight is 436 g/mol. The number of sulfonamides is 1. The minimum absolute atomic E-state index is 0.0674. The smallest absolute Gasteiger partial charge is 0.266 e. The molecule has 0 atom stereocenters. The summed E-state index contributed by atoms with van der Waals surface area (Å²) in [6, 6.07) is 11.9. The van der Waals surface area contributed by atoms with Crippen molar-refractivity contribution in [2.75, 3.05) is 26.2 Å². The summed E-state index contributed by atoms with van der Waals surface area (Å²) in [5, 5.41) is 2.38. The summed E-state index contributed by atoms with van der Waals surface area (Å²) < 4.78 is 28.9. The van der Waals surface area contributed by atoms with Crippen LogP contribution in [-0.2, 0) is 10.0 Å². The second-order valence-corrected chi connectivity index (χ2v) is 9.67. The van der Waals surface area contributed by atoms with Crippen LogP contribution >= 0.6 is 22.9 Å². The van der Waals surface area contributed by atoms with E-state index in [4.69, 9.17) is 11.6 Å². The van der Waals surface area contributed by atoms with E-state index in [0.717, 1.165) is 5.69 Å². The Morgan fingerprint density at radius 1 is 0.964 bits per heavy atom. The number of aromatic nitrogens is 1. The maximum absolute atomic E-state index is 13.0. The SMILES string of the molecule is O=C(c1sccc1-n1cccc1)N1CCN(S(=O)(=O)c2ccc(Cl)cc2)CC1. The van der Waals surface area contributed by atoms with Gasteiger partial charge in [0.15, 0.2) is 0 Å². The van der Waals surface area contributed by atoms with Crippen LogP contribution in [0.2, 0.25) is 5.02 Å². The standard InChI is InChI=1S/C19H18ClN3O3S2/c20-15-3-5-16(6-4-15)28(25,26)23-12-10-22(11-13-23)19(24)18-17(7-14-27-18)21-8-1-2-9-21/h1-9,14H,10-13H2. The van der Waals surface area contributed by atoms with Gasteiger partial charge in [-0.25, -0.2) is 8.42 Å². The lowest BCUT2D eigenvalue weighted by atomic mass is 10.3. The van der Waals surface area contributed by atoms with E-state index in [1.807, 2.05) is 40.5 Å². The first-order chi connectivity index (χ1) is 13.5. The number of thiophene rings is 1. The molecule has 1 aliphatic heterocycles. The highest BCUT2D eigenvalue weighted by Gasteiger charge is 2.31. The maximum Gasteiger partial charge on any atom is 0.266 e. The van der Waals surface area contributed by atoms with Crippen LogP contribution in [0.3, 0.4) is 0 Å². The fraction of sp³-hybridized carbons (Fsp3) is 0.211. The van der Waals surface area contributed by atoms with Crippen LogP contribution in [0.25, 0.3) is 5.69 Å². The molecule has 1 aromatic carbocycles. The van der Waals surface area contributed by atoms with E-state index in [0.29, 0.717) is 23.0 Å². The van der Waals surface area contributed by atoms with Gasteiger partial charge >= 0.3 is 0 Å². The van der Waals surface area contributed by atoms with Crippen LogP contribution in [0.4, 0.5) is 0 Å². The number of halogens is 1. The van der Waals surface area contributed by atoms with Crippen molar-refractivity contribution in [2.24, 2.45) is 0 Å². The van der Waals surface area contributed by atoms with Gasteiger partial charge in [-0.2, -0.15) is 4.31 Å². The minimum atomic E-state index is -3.59. The van der Waals surface area contributed by atoms with Crippen LogP contribution in [0.1, 0.15) is 9.67 Å². The summed E-state index contributed by atoms with van der Waals surface area (Å²) in [6.07, 6.45) is 3.80. The Balaban J connectivity index is 1.47. The summed E-state index contributed by atoms with van der Waals surface area (Å²) in [4.78, 5) is 15.6. The van der Waals surface area contributed by atoms with E-state index in [-0.39, 0.29) is 23.9 Å². The molecular formula is C19H18ClN3O3S2. The van der Waals surface area contributed by atoms with E-state index < -0.39 is 10.0 Å². The number of rotatable bonds is 4. The Labute approximate surface area is 172 Å². The zero-order chi connectivity index (χ0) is 19.7. The molecule has 28 heavy (non-hydrogen) atoms. The molecule has 0 saturated carbocycles. The maximum atomic E-state index is 13.0. The summed E-state index contributed by atoms with van der Waals surface area (Å²) in [7, 11) is -3.59. The van der Waals surface area contributed by atoms with Crippen molar-refractivity contribution in [2.45, 2.75) is 4.90 Å². The van der Waals surface area contributed by atoms with Crippen LogP contribution < -0.4 is 0 Å². The lowest BCUT2D eigenvalue weighted by molar-refractivity contribution is 0.0703. The van der Waals surface area contributed by atoms with Crippen LogP contribution in [0.5, 0.6) is 0 Å². The first-order valence-electron chi connectivity index (χ1n) is 8.72. The van der Waals surface area contributed by atoms with Crippen molar-refractivity contribution in [1.82, 2.24) is 13.8 Å². The van der Waals surface area contributed by atoms with Crippen LogP contribution in [0.15, 0.2) is 65.1 Å². The van der Waals surface area contributed by atoms with Gasteiger partial charge in [0.1, 0.15) is 4.88 Å². The molecule has 9 heteroatoms. The quantitative estimate of drug-likeness (QED) is 0.631. The molecule has 1 amide bonds. The number of hydrogen-bond acceptors (Lipinski definition) is 4. The van der Waals surface area contributed by atoms with Crippen LogP contribution in [0, 0.1) is 0 Å². The highest BCUT2D eigenvalue weighted by Crippen LogP contribution is 2.25. The average Bonchev–Trinajstić information content (AvgIpc) is 3.39. The van der Waals surface area contributed by atoms with Gasteiger partial charge < -0.3 is 9.47 Å². The molecule has 2 aromatic heterocycles. The Hall–Kier alpha value is -2.13. The van der Waals surface area contributed by atoms with Gasteiger partial charge in [-0.3, -0.25) is 4.79 Å². The fourth-order valence-corrected chi connectivity index (χ4v) is 5.60. The number of carbonyl (C=O) groups is 1. The van der Waals surface area contributed by atoms with Crippen LogP contribution in [-0.4, -0.2) is 54.3 Å². The monoisotopic (exact) mass is 435 g/mol. The molecule has 0 unspecified atom stereocenters. The van der Waals surface area contributed by atoms with E-state index in [2.05, 4.69) is 0 Å². The highest BCUT2D eigenvalue weighted by atomic mass is 35.5. The molecule has 4 rings (SSSR count). The van der Waals surface area contributed by atoms with Crippen molar-refractivity contribution in [3.8, 4) is 5.69 Å². The summed E-state index contributed by atoms with van der Waals surface area (Å²) in [5.74, 6) is -0.0674. The normalized spacial score (nSPS) is 15.7. The first kappa shape index (κ1) is 19.2. The van der Waals surface area contributed by atoms with Gasteiger partial charge in [-0.1, -0.05) is 11.6 Å². The van der Waals surface area contributed by atoms with Gasteiger partial charge in [0.05, 0.1) is 10.6 Å². The summed E-state index contributed by atoms with van der Waals surface area (Å²) >= 11 is 7.24. The third kappa shape index (κ3) is 3.60. The number of carbonyl (C=O) groups excluding carboxylic acids is 1. The molecule has 3 aromatic rings. The largest absolute Gasteiger partial charge is 0.335 e. The lowest BCUT2D eigenvalue weighted by Crippen LogP contribution is -2.50. The van der Waals surface area contributed by atoms with E-state index >= 15 is 0 Å². The topological polar surface area (TPSA) is 62.6 Å². The number of amides is 1. The van der Waals surface area contributed by atoms with Gasteiger partial charge in [-0.15, -0.1) is 11.3 Å². The molecule has 0 radical (unpaired) electrons. The predicted octanol–water partition coefficient (Wildman–Crippen LogP) is 3.34. The van der Waals surface area contributed by atoms with Crippen molar-refractivity contribution in [1.29, 1.82) is 0 Å².